The second-order valence-electron chi connectivity index (χ2n) is 2.42. The summed E-state index contributed by atoms with van der Waals surface area (Å²) in [6, 6.07) is 5.89. The number of rotatable bonds is 0. The first kappa shape index (κ1) is 7.07. The number of hydrogen-bond donors (Lipinski definition) is 0. The van der Waals surface area contributed by atoms with E-state index < -0.39 is 0 Å². The molecule has 1 heterocycles. The first-order chi connectivity index (χ1) is 5.25. The SMILES string of the molecule is Cc1[nH+]c2cc(Cl)ccc2s1. The zero-order valence-electron chi connectivity index (χ0n) is 6.02. The van der Waals surface area contributed by atoms with Gasteiger partial charge >= 0.3 is 0 Å². The van der Waals surface area contributed by atoms with Crippen LogP contribution in [0, 0.1) is 6.92 Å². The standard InChI is InChI=1S/C8H6ClNS/c1-5-10-7-4-6(9)2-3-8(7)11-5/h2-4H,1H3/p+1. The van der Waals surface area contributed by atoms with Crippen LogP contribution in [0.3, 0.4) is 0 Å². The molecular weight excluding hydrogens is 178 g/mol. The van der Waals surface area contributed by atoms with Gasteiger partial charge in [-0.25, -0.2) is 0 Å². The van der Waals surface area contributed by atoms with Gasteiger partial charge in [0, 0.05) is 18.0 Å². The summed E-state index contributed by atoms with van der Waals surface area (Å²) in [6.07, 6.45) is 0. The lowest BCUT2D eigenvalue weighted by molar-refractivity contribution is -0.347. The number of aryl methyl sites for hydroxylation is 1. The Hall–Kier alpha value is -0.600. The zero-order valence-corrected chi connectivity index (χ0v) is 7.59. The fourth-order valence-electron chi connectivity index (χ4n) is 1.07. The Bertz CT molecular complexity index is 394. The molecule has 0 amide bonds. The molecule has 3 heteroatoms. The monoisotopic (exact) mass is 184 g/mol. The molecular formula is C8H7ClNS+. The van der Waals surface area contributed by atoms with Crippen LogP contribution in [0.2, 0.25) is 5.02 Å². The average molecular weight is 185 g/mol. The number of fused-ring (bicyclic) bond motifs is 1. The van der Waals surface area contributed by atoms with E-state index >= 15 is 0 Å². The van der Waals surface area contributed by atoms with Gasteiger partial charge in [0.1, 0.15) is 4.70 Å². The topological polar surface area (TPSA) is 14.1 Å². The van der Waals surface area contributed by atoms with Gasteiger partial charge < -0.3 is 0 Å². The highest BCUT2D eigenvalue weighted by atomic mass is 35.5. The number of aromatic amines is 1. The summed E-state index contributed by atoms with van der Waals surface area (Å²) in [6.45, 7) is 2.05. The van der Waals surface area contributed by atoms with Crippen LogP contribution in [0.5, 0.6) is 0 Å². The first-order valence-electron chi connectivity index (χ1n) is 3.34. The Morgan fingerprint density at radius 2 is 2.27 bits per heavy atom. The lowest BCUT2D eigenvalue weighted by Gasteiger charge is -1.82. The number of aromatic nitrogens is 1. The molecule has 0 bridgehead atoms. The Morgan fingerprint density at radius 3 is 3.09 bits per heavy atom. The number of thiazole rings is 1. The van der Waals surface area contributed by atoms with E-state index in [1.165, 1.54) is 9.71 Å². The zero-order chi connectivity index (χ0) is 7.84. The van der Waals surface area contributed by atoms with Gasteiger partial charge in [0.2, 0.25) is 10.5 Å². The third-order valence-corrected chi connectivity index (χ3v) is 2.73. The molecule has 56 valence electrons. The molecule has 0 saturated carbocycles. The summed E-state index contributed by atoms with van der Waals surface area (Å²) in [4.78, 5) is 3.23. The molecule has 0 unspecified atom stereocenters. The van der Waals surface area contributed by atoms with Gasteiger partial charge in [0.15, 0.2) is 0 Å². The molecule has 0 aliphatic rings. The molecule has 0 atom stereocenters. The molecule has 2 rings (SSSR count). The van der Waals surface area contributed by atoms with Gasteiger partial charge in [-0.3, -0.25) is 0 Å². The van der Waals surface area contributed by atoms with Crippen molar-refractivity contribution in [3.63, 3.8) is 0 Å². The minimum Gasteiger partial charge on any atom is -0.199 e. The smallest absolute Gasteiger partial charge is 0.199 e. The lowest BCUT2D eigenvalue weighted by Crippen LogP contribution is -1.99. The Balaban J connectivity index is 2.82. The summed E-state index contributed by atoms with van der Waals surface area (Å²) >= 11 is 7.56. The summed E-state index contributed by atoms with van der Waals surface area (Å²) in [5, 5.41) is 1.99. The van der Waals surface area contributed by atoms with Crippen LogP contribution in [-0.2, 0) is 0 Å². The molecule has 1 aromatic carbocycles. The van der Waals surface area contributed by atoms with Crippen LogP contribution in [0.15, 0.2) is 18.2 Å². The molecule has 2 aromatic rings. The Labute approximate surface area is 73.6 Å². The van der Waals surface area contributed by atoms with Gasteiger partial charge in [-0.05, 0) is 12.1 Å². The molecule has 0 spiro atoms. The average Bonchev–Trinajstić information content (AvgIpc) is 2.27. The molecule has 1 N–H and O–H groups in total. The van der Waals surface area contributed by atoms with E-state index in [9.17, 15) is 0 Å². The van der Waals surface area contributed by atoms with Crippen LogP contribution in [0.25, 0.3) is 10.2 Å². The maximum absolute atomic E-state index is 5.81. The van der Waals surface area contributed by atoms with Crippen molar-refractivity contribution in [2.24, 2.45) is 0 Å². The first-order valence-corrected chi connectivity index (χ1v) is 4.53. The third kappa shape index (κ3) is 1.24. The highest BCUT2D eigenvalue weighted by molar-refractivity contribution is 7.18. The molecule has 0 fully saturated rings. The van der Waals surface area contributed by atoms with E-state index in [1.54, 1.807) is 11.3 Å². The van der Waals surface area contributed by atoms with Crippen LogP contribution < -0.4 is 4.98 Å². The van der Waals surface area contributed by atoms with Gasteiger partial charge in [0.05, 0.1) is 0 Å². The van der Waals surface area contributed by atoms with Gasteiger partial charge in [0.25, 0.3) is 0 Å². The highest BCUT2D eigenvalue weighted by Gasteiger charge is 2.05. The maximum Gasteiger partial charge on any atom is 0.233 e. The van der Waals surface area contributed by atoms with E-state index in [1.807, 2.05) is 18.2 Å². The van der Waals surface area contributed by atoms with Gasteiger partial charge in [-0.2, -0.15) is 4.98 Å². The number of hydrogen-bond acceptors (Lipinski definition) is 1. The van der Waals surface area contributed by atoms with Crippen molar-refractivity contribution >= 4 is 33.2 Å². The molecule has 11 heavy (non-hydrogen) atoms. The molecule has 1 nitrogen and oxygen atoms in total. The number of benzene rings is 1. The van der Waals surface area contributed by atoms with E-state index in [0.29, 0.717) is 0 Å². The largest absolute Gasteiger partial charge is 0.233 e. The highest BCUT2D eigenvalue weighted by Crippen LogP contribution is 2.20. The molecule has 1 aromatic heterocycles. The Kier molecular flexibility index (Phi) is 1.59. The van der Waals surface area contributed by atoms with Crippen molar-refractivity contribution < 1.29 is 4.98 Å². The Morgan fingerprint density at radius 1 is 1.45 bits per heavy atom. The van der Waals surface area contributed by atoms with Gasteiger partial charge in [-0.1, -0.05) is 22.9 Å². The molecule has 0 saturated heterocycles. The second kappa shape index (κ2) is 2.47. The van der Waals surface area contributed by atoms with Crippen molar-refractivity contribution in [2.45, 2.75) is 6.92 Å². The van der Waals surface area contributed by atoms with Crippen molar-refractivity contribution in [1.82, 2.24) is 0 Å². The van der Waals surface area contributed by atoms with Crippen LogP contribution in [0.4, 0.5) is 0 Å². The second-order valence-corrected chi connectivity index (χ2v) is 4.12. The van der Waals surface area contributed by atoms with Crippen molar-refractivity contribution in [2.75, 3.05) is 0 Å². The molecule has 0 radical (unpaired) electrons. The van der Waals surface area contributed by atoms with E-state index in [4.69, 9.17) is 11.6 Å². The maximum atomic E-state index is 5.81. The van der Waals surface area contributed by atoms with Crippen molar-refractivity contribution in [3.8, 4) is 0 Å². The number of halogens is 1. The van der Waals surface area contributed by atoms with Crippen LogP contribution in [-0.4, -0.2) is 0 Å². The summed E-state index contributed by atoms with van der Waals surface area (Å²) in [5.41, 5.74) is 1.13. The fourth-order valence-corrected chi connectivity index (χ4v) is 2.09. The quantitative estimate of drug-likeness (QED) is 0.598. The molecule has 0 aliphatic heterocycles. The third-order valence-electron chi connectivity index (χ3n) is 1.52. The molecule has 0 aliphatic carbocycles. The fraction of sp³-hybridized carbons (Fsp3) is 0.125. The summed E-state index contributed by atoms with van der Waals surface area (Å²) in [5.74, 6) is 0. The predicted molar refractivity (Wildman–Crippen MR) is 48.1 cm³/mol. The van der Waals surface area contributed by atoms with Gasteiger partial charge in [-0.15, -0.1) is 0 Å². The van der Waals surface area contributed by atoms with E-state index in [0.717, 1.165) is 10.5 Å². The van der Waals surface area contributed by atoms with Crippen molar-refractivity contribution in [3.05, 3.63) is 28.2 Å². The minimum atomic E-state index is 0.784. The van der Waals surface area contributed by atoms with E-state index in [-0.39, 0.29) is 0 Å². The van der Waals surface area contributed by atoms with Crippen molar-refractivity contribution in [1.29, 1.82) is 0 Å². The van der Waals surface area contributed by atoms with E-state index in [2.05, 4.69) is 11.9 Å². The van der Waals surface area contributed by atoms with Crippen LogP contribution in [0.1, 0.15) is 5.01 Å². The number of H-pyrrole nitrogens is 1. The number of nitrogens with one attached hydrogen (secondary N) is 1. The minimum absolute atomic E-state index is 0.784. The summed E-state index contributed by atoms with van der Waals surface area (Å²) < 4.78 is 1.26. The lowest BCUT2D eigenvalue weighted by atomic mass is 10.3. The normalized spacial score (nSPS) is 10.7. The predicted octanol–water partition coefficient (Wildman–Crippen LogP) is 2.68. The summed E-state index contributed by atoms with van der Waals surface area (Å²) in [7, 11) is 0. The van der Waals surface area contributed by atoms with Crippen LogP contribution >= 0.6 is 22.9 Å².